The molecule has 1 N–H and O–H groups in total. The van der Waals surface area contributed by atoms with Crippen molar-refractivity contribution in [2.75, 3.05) is 24.2 Å². The molecule has 1 aromatic heterocycles. The first-order chi connectivity index (χ1) is 15.1. The van der Waals surface area contributed by atoms with E-state index in [2.05, 4.69) is 34.6 Å². The van der Waals surface area contributed by atoms with Gasteiger partial charge in [-0.05, 0) is 55.9 Å². The van der Waals surface area contributed by atoms with Crippen molar-refractivity contribution in [3.8, 4) is 0 Å². The van der Waals surface area contributed by atoms with Crippen molar-refractivity contribution >= 4 is 34.5 Å². The molecule has 0 bridgehead atoms. The van der Waals surface area contributed by atoms with Gasteiger partial charge in [0.15, 0.2) is 5.82 Å². The number of para-hydroxylation sites is 2. The third-order valence-corrected chi connectivity index (χ3v) is 6.69. The van der Waals surface area contributed by atoms with Gasteiger partial charge in [-0.1, -0.05) is 24.3 Å². The molecule has 0 spiro atoms. The first kappa shape index (κ1) is 21.4. The van der Waals surface area contributed by atoms with E-state index in [-0.39, 0.29) is 17.4 Å². The molecule has 1 fully saturated rings. The predicted molar refractivity (Wildman–Crippen MR) is 127 cm³/mol. The number of aromatic nitrogens is 2. The number of benzene rings is 2. The van der Waals surface area contributed by atoms with Crippen LogP contribution >= 0.6 is 11.8 Å². The number of piperidine rings is 1. The largest absolute Gasteiger partial charge is 0.352 e. The fourth-order valence-electron chi connectivity index (χ4n) is 4.13. The minimum absolute atomic E-state index is 0.0319. The highest BCUT2D eigenvalue weighted by molar-refractivity contribution is 7.98. The maximum absolute atomic E-state index is 13.0. The first-order valence-electron chi connectivity index (χ1n) is 10.8. The second kappa shape index (κ2) is 9.56. The number of carbonyl (C=O) groups is 1. The van der Waals surface area contributed by atoms with Gasteiger partial charge < -0.3 is 14.8 Å². The van der Waals surface area contributed by atoms with Crippen molar-refractivity contribution < 1.29 is 4.79 Å². The normalized spacial score (nSPS) is 14.7. The van der Waals surface area contributed by atoms with E-state index in [1.165, 1.54) is 4.90 Å². The van der Waals surface area contributed by atoms with Crippen LogP contribution in [0.3, 0.4) is 0 Å². The fourth-order valence-corrected chi connectivity index (χ4v) is 4.54. The number of aryl methyl sites for hydroxylation is 1. The third kappa shape index (κ3) is 4.61. The second-order valence-electron chi connectivity index (χ2n) is 7.80. The Morgan fingerprint density at radius 1 is 1.13 bits per heavy atom. The number of thioether (sulfide) groups is 1. The van der Waals surface area contributed by atoms with Crippen LogP contribution in [0.15, 0.2) is 58.2 Å². The summed E-state index contributed by atoms with van der Waals surface area (Å²) in [6.45, 7) is 4.44. The van der Waals surface area contributed by atoms with Crippen molar-refractivity contribution in [3.05, 3.63) is 64.4 Å². The smallest absolute Gasteiger partial charge is 0.293 e. The van der Waals surface area contributed by atoms with E-state index in [4.69, 9.17) is 0 Å². The highest BCUT2D eigenvalue weighted by Gasteiger charge is 2.27. The summed E-state index contributed by atoms with van der Waals surface area (Å²) in [7, 11) is 0. The minimum atomic E-state index is -0.0576. The topological polar surface area (TPSA) is 67.2 Å². The van der Waals surface area contributed by atoms with E-state index in [1.54, 1.807) is 16.3 Å². The molecule has 1 aliphatic rings. The van der Waals surface area contributed by atoms with Gasteiger partial charge in [0.25, 0.3) is 5.56 Å². The first-order valence-corrected chi connectivity index (χ1v) is 12.0. The highest BCUT2D eigenvalue weighted by atomic mass is 32.2. The molecule has 0 atom stereocenters. The Morgan fingerprint density at radius 2 is 1.84 bits per heavy atom. The van der Waals surface area contributed by atoms with Gasteiger partial charge in [-0.25, -0.2) is 4.98 Å². The van der Waals surface area contributed by atoms with Crippen LogP contribution in [0.4, 0.5) is 5.82 Å². The molecule has 1 saturated heterocycles. The molecular weight excluding hydrogens is 408 g/mol. The standard InChI is InChI=1S/C24H28N4O2S/c1-3-28-21-7-5-4-6-20(21)26-22(24(28)30)27-14-12-18(13-15-27)23(29)25-16-17-8-10-19(31-2)11-9-17/h4-11,18H,3,12-16H2,1-2H3,(H,25,29). The maximum Gasteiger partial charge on any atom is 0.293 e. The average Bonchev–Trinajstić information content (AvgIpc) is 2.82. The zero-order valence-electron chi connectivity index (χ0n) is 18.0. The molecule has 6 nitrogen and oxygen atoms in total. The molecule has 3 aromatic rings. The van der Waals surface area contributed by atoms with Crippen LogP contribution in [0.1, 0.15) is 25.3 Å². The Hall–Kier alpha value is -2.80. The van der Waals surface area contributed by atoms with Gasteiger partial charge in [-0.2, -0.15) is 0 Å². The number of rotatable bonds is 6. The SMILES string of the molecule is CCn1c(=O)c(N2CCC(C(=O)NCc3ccc(SC)cc3)CC2)nc2ccccc21. The quantitative estimate of drug-likeness (QED) is 0.597. The average molecular weight is 437 g/mol. The number of anilines is 1. The van der Waals surface area contributed by atoms with Crippen molar-refractivity contribution in [1.82, 2.24) is 14.9 Å². The predicted octanol–water partition coefficient (Wildman–Crippen LogP) is 3.67. The van der Waals surface area contributed by atoms with E-state index >= 15 is 0 Å². The highest BCUT2D eigenvalue weighted by Crippen LogP contribution is 2.22. The lowest BCUT2D eigenvalue weighted by Gasteiger charge is -2.32. The zero-order valence-corrected chi connectivity index (χ0v) is 18.8. The molecule has 162 valence electrons. The van der Waals surface area contributed by atoms with Gasteiger partial charge in [0.1, 0.15) is 0 Å². The number of hydrogen-bond donors (Lipinski definition) is 1. The molecule has 1 amide bonds. The Kier molecular flexibility index (Phi) is 6.61. The van der Waals surface area contributed by atoms with E-state index in [1.807, 2.05) is 42.3 Å². The lowest BCUT2D eigenvalue weighted by atomic mass is 9.96. The summed E-state index contributed by atoms with van der Waals surface area (Å²) in [4.78, 5) is 33.6. The van der Waals surface area contributed by atoms with Gasteiger partial charge in [-0.3, -0.25) is 9.59 Å². The molecule has 0 aliphatic carbocycles. The second-order valence-corrected chi connectivity index (χ2v) is 8.68. The molecule has 4 rings (SSSR count). The van der Waals surface area contributed by atoms with Gasteiger partial charge in [-0.15, -0.1) is 11.8 Å². The zero-order chi connectivity index (χ0) is 21.8. The van der Waals surface area contributed by atoms with Gasteiger partial charge in [0.2, 0.25) is 5.91 Å². The van der Waals surface area contributed by atoms with Crippen molar-refractivity contribution in [3.63, 3.8) is 0 Å². The number of fused-ring (bicyclic) bond motifs is 1. The number of amides is 1. The monoisotopic (exact) mass is 436 g/mol. The van der Waals surface area contributed by atoms with Crippen LogP contribution in [-0.2, 0) is 17.9 Å². The molecule has 2 heterocycles. The third-order valence-electron chi connectivity index (χ3n) is 5.94. The van der Waals surface area contributed by atoms with Gasteiger partial charge in [0.05, 0.1) is 11.0 Å². The van der Waals surface area contributed by atoms with E-state index < -0.39 is 0 Å². The van der Waals surface area contributed by atoms with Crippen LogP contribution in [-0.4, -0.2) is 34.8 Å². The lowest BCUT2D eigenvalue weighted by Crippen LogP contribution is -2.43. The molecule has 2 aromatic carbocycles. The summed E-state index contributed by atoms with van der Waals surface area (Å²) in [6, 6.07) is 16.0. The molecule has 0 unspecified atom stereocenters. The summed E-state index contributed by atoms with van der Waals surface area (Å²) in [5.74, 6) is 0.551. The molecule has 0 radical (unpaired) electrons. The van der Waals surface area contributed by atoms with E-state index in [0.29, 0.717) is 32.0 Å². The van der Waals surface area contributed by atoms with Crippen molar-refractivity contribution in [2.45, 2.75) is 37.8 Å². The van der Waals surface area contributed by atoms with E-state index in [0.717, 1.165) is 29.4 Å². The molecular formula is C24H28N4O2S. The summed E-state index contributed by atoms with van der Waals surface area (Å²) in [5.41, 5.74) is 2.73. The molecule has 0 saturated carbocycles. The van der Waals surface area contributed by atoms with Gasteiger partial charge >= 0.3 is 0 Å². The fraction of sp³-hybridized carbons (Fsp3) is 0.375. The number of nitrogens with one attached hydrogen (secondary N) is 1. The maximum atomic E-state index is 13.0. The molecule has 31 heavy (non-hydrogen) atoms. The number of hydrogen-bond acceptors (Lipinski definition) is 5. The summed E-state index contributed by atoms with van der Waals surface area (Å²) in [6.07, 6.45) is 3.49. The summed E-state index contributed by atoms with van der Waals surface area (Å²) >= 11 is 1.71. The minimum Gasteiger partial charge on any atom is -0.352 e. The number of nitrogens with zero attached hydrogens (tertiary/aromatic N) is 3. The van der Waals surface area contributed by atoms with Gasteiger partial charge in [0, 0.05) is 37.0 Å². The van der Waals surface area contributed by atoms with Crippen LogP contribution in [0.25, 0.3) is 11.0 Å². The Balaban J connectivity index is 1.39. The summed E-state index contributed by atoms with van der Waals surface area (Å²) in [5, 5.41) is 3.07. The Labute approximate surface area is 186 Å². The molecule has 1 aliphatic heterocycles. The van der Waals surface area contributed by atoms with Crippen molar-refractivity contribution in [2.24, 2.45) is 5.92 Å². The van der Waals surface area contributed by atoms with Crippen LogP contribution in [0.2, 0.25) is 0 Å². The summed E-state index contributed by atoms with van der Waals surface area (Å²) < 4.78 is 1.78. The van der Waals surface area contributed by atoms with Crippen molar-refractivity contribution in [1.29, 1.82) is 0 Å². The molecule has 7 heteroatoms. The van der Waals surface area contributed by atoms with Crippen LogP contribution < -0.4 is 15.8 Å². The van der Waals surface area contributed by atoms with Crippen LogP contribution in [0, 0.1) is 5.92 Å². The van der Waals surface area contributed by atoms with E-state index in [9.17, 15) is 9.59 Å². The van der Waals surface area contributed by atoms with Crippen LogP contribution in [0.5, 0.6) is 0 Å². The Morgan fingerprint density at radius 3 is 2.52 bits per heavy atom. The Bertz CT molecular complexity index is 1120. The number of carbonyl (C=O) groups excluding carboxylic acids is 1. The lowest BCUT2D eigenvalue weighted by molar-refractivity contribution is -0.125.